The zero-order valence-electron chi connectivity index (χ0n) is 11.3. The van der Waals surface area contributed by atoms with E-state index < -0.39 is 0 Å². The monoisotopic (exact) mass is 349 g/mol. The van der Waals surface area contributed by atoms with Crippen molar-refractivity contribution in [1.29, 1.82) is 0 Å². The highest BCUT2D eigenvalue weighted by Crippen LogP contribution is 2.27. The minimum absolute atomic E-state index is 0.241. The number of halogens is 2. The molecule has 0 saturated heterocycles. The zero-order valence-corrected chi connectivity index (χ0v) is 12.8. The van der Waals surface area contributed by atoms with E-state index in [1.165, 1.54) is 12.1 Å². The molecule has 3 aromatic rings. The van der Waals surface area contributed by atoms with E-state index in [9.17, 15) is 9.18 Å². The van der Waals surface area contributed by atoms with E-state index in [4.69, 9.17) is 0 Å². The number of hydrogen-bond acceptors (Lipinski definition) is 2. The van der Waals surface area contributed by atoms with E-state index in [2.05, 4.69) is 31.2 Å². The highest BCUT2D eigenvalue weighted by molar-refractivity contribution is 9.10. The number of aromatic nitrogens is 2. The lowest BCUT2D eigenvalue weighted by molar-refractivity contribution is 0.625. The molecule has 6 heteroatoms. The van der Waals surface area contributed by atoms with Crippen LogP contribution < -0.4 is 11.0 Å². The van der Waals surface area contributed by atoms with Crippen LogP contribution in [0.25, 0.3) is 11.0 Å². The number of aromatic amines is 2. The predicted molar refractivity (Wildman–Crippen MR) is 85.1 cm³/mol. The summed E-state index contributed by atoms with van der Waals surface area (Å²) in [6.07, 6.45) is 0. The van der Waals surface area contributed by atoms with Gasteiger partial charge in [-0.05, 0) is 58.2 Å². The number of H-pyrrole nitrogens is 2. The van der Waals surface area contributed by atoms with Crippen LogP contribution in [0, 0.1) is 12.7 Å². The number of hydrogen-bond donors (Lipinski definition) is 3. The van der Waals surface area contributed by atoms with Crippen LogP contribution in [-0.2, 0) is 6.54 Å². The number of nitrogens with one attached hydrogen (secondary N) is 3. The summed E-state index contributed by atoms with van der Waals surface area (Å²) in [7, 11) is 0. The average molecular weight is 350 g/mol. The second-order valence-corrected chi connectivity index (χ2v) is 5.74. The van der Waals surface area contributed by atoms with Crippen LogP contribution in [0.4, 0.5) is 10.1 Å². The molecule has 0 aliphatic rings. The molecule has 1 aromatic heterocycles. The van der Waals surface area contributed by atoms with Gasteiger partial charge in [-0.15, -0.1) is 0 Å². The minimum Gasteiger partial charge on any atom is -0.380 e. The molecular formula is C15H13BrFN3O. The number of anilines is 1. The molecule has 3 N–H and O–H groups in total. The lowest BCUT2D eigenvalue weighted by atomic mass is 10.1. The third-order valence-corrected chi connectivity index (χ3v) is 4.04. The van der Waals surface area contributed by atoms with Crippen molar-refractivity contribution in [2.75, 3.05) is 5.32 Å². The number of benzene rings is 2. The first-order chi connectivity index (χ1) is 10.0. The van der Waals surface area contributed by atoms with Crippen molar-refractivity contribution in [1.82, 2.24) is 9.97 Å². The van der Waals surface area contributed by atoms with Crippen LogP contribution in [-0.4, -0.2) is 9.97 Å². The number of aryl methyl sites for hydroxylation is 1. The van der Waals surface area contributed by atoms with Crippen LogP contribution in [0.3, 0.4) is 0 Å². The Morgan fingerprint density at radius 1 is 1.19 bits per heavy atom. The van der Waals surface area contributed by atoms with Gasteiger partial charge in [0.2, 0.25) is 0 Å². The SMILES string of the molecule is Cc1ccc(F)cc1CNc1cc2[nH]c(=O)[nH]c2cc1Br. The van der Waals surface area contributed by atoms with Crippen LogP contribution in [0.15, 0.2) is 39.6 Å². The Hall–Kier alpha value is -2.08. The summed E-state index contributed by atoms with van der Waals surface area (Å²) in [5.41, 5.74) is 3.97. The molecule has 0 bridgehead atoms. The van der Waals surface area contributed by atoms with Gasteiger partial charge < -0.3 is 15.3 Å². The van der Waals surface area contributed by atoms with E-state index in [1.54, 1.807) is 6.07 Å². The lowest BCUT2D eigenvalue weighted by Gasteiger charge is -2.11. The molecule has 21 heavy (non-hydrogen) atoms. The fourth-order valence-corrected chi connectivity index (χ4v) is 2.70. The Labute approximate surface area is 128 Å². The smallest absolute Gasteiger partial charge is 0.323 e. The molecule has 108 valence electrons. The van der Waals surface area contributed by atoms with E-state index in [-0.39, 0.29) is 11.5 Å². The van der Waals surface area contributed by atoms with Crippen LogP contribution in [0.5, 0.6) is 0 Å². The highest BCUT2D eigenvalue weighted by Gasteiger charge is 2.06. The Kier molecular flexibility index (Phi) is 3.55. The van der Waals surface area contributed by atoms with Crippen LogP contribution in [0.1, 0.15) is 11.1 Å². The van der Waals surface area contributed by atoms with Gasteiger partial charge in [-0.1, -0.05) is 6.07 Å². The van der Waals surface area contributed by atoms with Crippen molar-refractivity contribution in [3.05, 3.63) is 62.2 Å². The normalized spacial score (nSPS) is 11.0. The first kappa shape index (κ1) is 13.9. The van der Waals surface area contributed by atoms with Gasteiger partial charge in [0.25, 0.3) is 0 Å². The molecule has 3 rings (SSSR count). The van der Waals surface area contributed by atoms with Crippen molar-refractivity contribution in [2.24, 2.45) is 0 Å². The number of rotatable bonds is 3. The summed E-state index contributed by atoms with van der Waals surface area (Å²) in [5, 5.41) is 3.25. The molecule has 0 fully saturated rings. The molecule has 2 aromatic carbocycles. The number of imidazole rings is 1. The molecule has 0 unspecified atom stereocenters. The molecule has 1 heterocycles. The van der Waals surface area contributed by atoms with E-state index >= 15 is 0 Å². The van der Waals surface area contributed by atoms with Crippen molar-refractivity contribution in [3.8, 4) is 0 Å². The summed E-state index contributed by atoms with van der Waals surface area (Å²) in [4.78, 5) is 16.7. The third-order valence-electron chi connectivity index (χ3n) is 3.38. The quantitative estimate of drug-likeness (QED) is 0.675. The molecule has 0 amide bonds. The molecule has 0 spiro atoms. The topological polar surface area (TPSA) is 60.7 Å². The van der Waals surface area contributed by atoms with Crippen molar-refractivity contribution < 1.29 is 4.39 Å². The standard InChI is InChI=1S/C15H13BrFN3O/c1-8-2-3-10(17)4-9(8)7-18-12-6-14-13(5-11(12)16)19-15(21)20-14/h2-6,18H,7H2,1H3,(H2,19,20,21). The van der Waals surface area contributed by atoms with E-state index in [0.29, 0.717) is 6.54 Å². The Morgan fingerprint density at radius 3 is 2.67 bits per heavy atom. The lowest BCUT2D eigenvalue weighted by Crippen LogP contribution is -2.02. The molecule has 0 radical (unpaired) electrons. The number of fused-ring (bicyclic) bond motifs is 1. The van der Waals surface area contributed by atoms with Gasteiger partial charge in [0, 0.05) is 11.0 Å². The summed E-state index contributed by atoms with van der Waals surface area (Å²) < 4.78 is 14.1. The first-order valence-corrected chi connectivity index (χ1v) is 7.22. The Bertz CT molecular complexity index is 869. The molecule has 4 nitrogen and oxygen atoms in total. The summed E-state index contributed by atoms with van der Waals surface area (Å²) >= 11 is 3.46. The Balaban J connectivity index is 1.89. The maximum atomic E-state index is 13.3. The van der Waals surface area contributed by atoms with Gasteiger partial charge >= 0.3 is 5.69 Å². The van der Waals surface area contributed by atoms with Gasteiger partial charge in [-0.25, -0.2) is 9.18 Å². The van der Waals surface area contributed by atoms with Crippen LogP contribution >= 0.6 is 15.9 Å². The maximum absolute atomic E-state index is 13.3. The molecule has 0 aliphatic carbocycles. The molecule has 0 atom stereocenters. The maximum Gasteiger partial charge on any atom is 0.323 e. The predicted octanol–water partition coefficient (Wildman–Crippen LogP) is 3.68. The zero-order chi connectivity index (χ0) is 15.0. The highest BCUT2D eigenvalue weighted by atomic mass is 79.9. The Morgan fingerprint density at radius 2 is 1.90 bits per heavy atom. The summed E-state index contributed by atoms with van der Waals surface area (Å²) in [6, 6.07) is 8.40. The summed E-state index contributed by atoms with van der Waals surface area (Å²) in [5.74, 6) is -0.248. The third kappa shape index (κ3) is 2.85. The van der Waals surface area contributed by atoms with Gasteiger partial charge in [0.05, 0.1) is 16.7 Å². The first-order valence-electron chi connectivity index (χ1n) is 6.43. The van der Waals surface area contributed by atoms with Crippen molar-refractivity contribution >= 4 is 32.7 Å². The fourth-order valence-electron chi connectivity index (χ4n) is 2.21. The van der Waals surface area contributed by atoms with Crippen LogP contribution in [0.2, 0.25) is 0 Å². The van der Waals surface area contributed by atoms with Gasteiger partial charge in [0.15, 0.2) is 0 Å². The summed E-state index contributed by atoms with van der Waals surface area (Å²) in [6.45, 7) is 2.45. The van der Waals surface area contributed by atoms with Gasteiger partial charge in [0.1, 0.15) is 5.82 Å². The van der Waals surface area contributed by atoms with Crippen molar-refractivity contribution in [2.45, 2.75) is 13.5 Å². The van der Waals surface area contributed by atoms with Gasteiger partial charge in [-0.2, -0.15) is 0 Å². The molecular weight excluding hydrogens is 337 g/mol. The van der Waals surface area contributed by atoms with Crippen molar-refractivity contribution in [3.63, 3.8) is 0 Å². The average Bonchev–Trinajstić information content (AvgIpc) is 2.78. The fraction of sp³-hybridized carbons (Fsp3) is 0.133. The molecule has 0 aliphatic heterocycles. The van der Waals surface area contributed by atoms with Gasteiger partial charge in [-0.3, -0.25) is 0 Å². The molecule has 0 saturated carbocycles. The largest absolute Gasteiger partial charge is 0.380 e. The van der Waals surface area contributed by atoms with E-state index in [0.717, 1.165) is 32.3 Å². The second-order valence-electron chi connectivity index (χ2n) is 4.88. The second kappa shape index (κ2) is 5.37. The minimum atomic E-state index is -0.248. The van der Waals surface area contributed by atoms with E-state index in [1.807, 2.05) is 19.1 Å².